The highest BCUT2D eigenvalue weighted by Gasteiger charge is 2.13. The first-order valence-corrected chi connectivity index (χ1v) is 7.04. The standard InChI is InChI=1S/C14H22N2Si/c1-6-12-8-7-9-13(10-12)17-11-14(15(2)3)16(4)5/h6-10,14H,1,11H2,2-5H3. The molecule has 0 bridgehead atoms. The van der Waals surface area contributed by atoms with Gasteiger partial charge in [-0.1, -0.05) is 42.1 Å². The molecule has 0 atom stereocenters. The van der Waals surface area contributed by atoms with Gasteiger partial charge in [0, 0.05) is 0 Å². The molecule has 0 aliphatic heterocycles. The van der Waals surface area contributed by atoms with Crippen LogP contribution in [0.15, 0.2) is 30.8 Å². The Morgan fingerprint density at radius 2 is 1.88 bits per heavy atom. The predicted octanol–water partition coefficient (Wildman–Crippen LogP) is 1.53. The van der Waals surface area contributed by atoms with Gasteiger partial charge < -0.3 is 0 Å². The van der Waals surface area contributed by atoms with Gasteiger partial charge in [-0.3, -0.25) is 9.80 Å². The van der Waals surface area contributed by atoms with Crippen LogP contribution in [0.2, 0.25) is 6.04 Å². The van der Waals surface area contributed by atoms with Gasteiger partial charge >= 0.3 is 0 Å². The first-order chi connectivity index (χ1) is 8.04. The average molecular weight is 246 g/mol. The summed E-state index contributed by atoms with van der Waals surface area (Å²) in [5.74, 6) is 0. The van der Waals surface area contributed by atoms with Gasteiger partial charge in [0.15, 0.2) is 0 Å². The van der Waals surface area contributed by atoms with Crippen molar-refractivity contribution in [2.24, 2.45) is 0 Å². The highest BCUT2D eigenvalue weighted by molar-refractivity contribution is 6.53. The van der Waals surface area contributed by atoms with E-state index in [-0.39, 0.29) is 0 Å². The zero-order valence-corrected chi connectivity index (χ0v) is 12.3. The summed E-state index contributed by atoms with van der Waals surface area (Å²) in [5, 5.41) is 1.41. The van der Waals surface area contributed by atoms with Crippen molar-refractivity contribution < 1.29 is 0 Å². The molecule has 0 unspecified atom stereocenters. The predicted molar refractivity (Wildman–Crippen MR) is 77.9 cm³/mol. The van der Waals surface area contributed by atoms with Crippen LogP contribution < -0.4 is 5.19 Å². The van der Waals surface area contributed by atoms with Crippen LogP contribution in [0.25, 0.3) is 6.08 Å². The molecule has 0 aromatic heterocycles. The minimum Gasteiger partial charge on any atom is -0.294 e. The molecule has 0 saturated carbocycles. The fourth-order valence-electron chi connectivity index (χ4n) is 1.81. The SMILES string of the molecule is C=Cc1cccc([Si]CC(N(C)C)N(C)C)c1. The van der Waals surface area contributed by atoms with E-state index in [1.54, 1.807) is 0 Å². The van der Waals surface area contributed by atoms with Gasteiger partial charge in [-0.05, 0) is 39.8 Å². The zero-order valence-electron chi connectivity index (χ0n) is 11.3. The van der Waals surface area contributed by atoms with Gasteiger partial charge in [-0.25, -0.2) is 0 Å². The monoisotopic (exact) mass is 246 g/mol. The molecule has 3 heteroatoms. The summed E-state index contributed by atoms with van der Waals surface area (Å²) < 4.78 is 0. The molecule has 1 rings (SSSR count). The third-order valence-corrected chi connectivity index (χ3v) is 4.09. The smallest absolute Gasteiger partial charge is 0.0838 e. The molecular formula is C14H22N2Si. The summed E-state index contributed by atoms with van der Waals surface area (Å²) >= 11 is 0. The van der Waals surface area contributed by atoms with E-state index in [1.807, 2.05) is 6.08 Å². The maximum Gasteiger partial charge on any atom is 0.0838 e. The lowest BCUT2D eigenvalue weighted by molar-refractivity contribution is 0.147. The topological polar surface area (TPSA) is 6.48 Å². The van der Waals surface area contributed by atoms with Crippen molar-refractivity contribution in [2.75, 3.05) is 28.2 Å². The number of benzene rings is 1. The van der Waals surface area contributed by atoms with Gasteiger partial charge in [0.2, 0.25) is 0 Å². The van der Waals surface area contributed by atoms with E-state index < -0.39 is 0 Å². The van der Waals surface area contributed by atoms with Crippen LogP contribution in [0, 0.1) is 0 Å². The van der Waals surface area contributed by atoms with Gasteiger partial charge in [0.1, 0.15) is 0 Å². The molecule has 0 saturated heterocycles. The Labute approximate surface area is 108 Å². The van der Waals surface area contributed by atoms with Crippen LogP contribution in [-0.2, 0) is 0 Å². The van der Waals surface area contributed by atoms with Crippen molar-refractivity contribution in [1.29, 1.82) is 0 Å². The largest absolute Gasteiger partial charge is 0.294 e. The summed E-state index contributed by atoms with van der Waals surface area (Å²) in [6.45, 7) is 3.81. The second kappa shape index (κ2) is 6.74. The van der Waals surface area contributed by atoms with Gasteiger partial charge in [0.25, 0.3) is 0 Å². The lowest BCUT2D eigenvalue weighted by atomic mass is 10.2. The van der Waals surface area contributed by atoms with E-state index in [4.69, 9.17) is 0 Å². The minimum atomic E-state index is 0.501. The van der Waals surface area contributed by atoms with Crippen molar-refractivity contribution in [3.63, 3.8) is 0 Å². The van der Waals surface area contributed by atoms with Crippen LogP contribution in [0.5, 0.6) is 0 Å². The normalized spacial score (nSPS) is 11.5. The summed E-state index contributed by atoms with van der Waals surface area (Å²) in [5.41, 5.74) is 1.21. The highest BCUT2D eigenvalue weighted by Crippen LogP contribution is 2.04. The van der Waals surface area contributed by atoms with E-state index in [1.165, 1.54) is 16.8 Å². The number of hydrogen-bond donors (Lipinski definition) is 0. The van der Waals surface area contributed by atoms with E-state index in [0.29, 0.717) is 6.17 Å². The van der Waals surface area contributed by atoms with Crippen molar-refractivity contribution in [2.45, 2.75) is 12.2 Å². The van der Waals surface area contributed by atoms with Crippen molar-refractivity contribution in [1.82, 2.24) is 9.80 Å². The Bertz CT molecular complexity index is 353. The van der Waals surface area contributed by atoms with Crippen LogP contribution >= 0.6 is 0 Å². The highest BCUT2D eigenvalue weighted by atomic mass is 28.2. The lowest BCUT2D eigenvalue weighted by Gasteiger charge is -2.30. The number of hydrogen-bond acceptors (Lipinski definition) is 2. The number of nitrogens with zero attached hydrogens (tertiary/aromatic N) is 2. The van der Waals surface area contributed by atoms with E-state index in [2.05, 4.69) is 68.8 Å². The summed E-state index contributed by atoms with van der Waals surface area (Å²) in [6.07, 6.45) is 2.41. The molecule has 92 valence electrons. The van der Waals surface area contributed by atoms with Crippen LogP contribution in [-0.4, -0.2) is 53.7 Å². The zero-order chi connectivity index (χ0) is 12.8. The molecule has 0 heterocycles. The van der Waals surface area contributed by atoms with E-state index in [9.17, 15) is 0 Å². The van der Waals surface area contributed by atoms with Crippen LogP contribution in [0.3, 0.4) is 0 Å². The molecule has 0 N–H and O–H groups in total. The van der Waals surface area contributed by atoms with Gasteiger partial charge in [-0.2, -0.15) is 0 Å². The second-order valence-corrected chi connectivity index (χ2v) is 5.96. The molecular weight excluding hydrogens is 224 g/mol. The van der Waals surface area contributed by atoms with Crippen molar-refractivity contribution in [3.05, 3.63) is 36.4 Å². The van der Waals surface area contributed by atoms with Crippen molar-refractivity contribution in [3.8, 4) is 0 Å². The molecule has 0 fully saturated rings. The molecule has 0 spiro atoms. The minimum absolute atomic E-state index is 0.501. The molecule has 0 aliphatic rings. The Hall–Kier alpha value is -0.903. The number of rotatable bonds is 6. The lowest BCUT2D eigenvalue weighted by Crippen LogP contribution is -2.42. The second-order valence-electron chi connectivity index (χ2n) is 4.62. The Morgan fingerprint density at radius 3 is 2.41 bits per heavy atom. The van der Waals surface area contributed by atoms with Gasteiger partial charge in [-0.15, -0.1) is 0 Å². The Morgan fingerprint density at radius 1 is 1.24 bits per heavy atom. The van der Waals surface area contributed by atoms with Crippen LogP contribution in [0.4, 0.5) is 0 Å². The Balaban J connectivity index is 2.62. The molecule has 2 radical (unpaired) electrons. The molecule has 0 amide bonds. The third kappa shape index (κ3) is 4.46. The first-order valence-electron chi connectivity index (χ1n) is 5.84. The average Bonchev–Trinajstić information content (AvgIpc) is 2.28. The third-order valence-electron chi connectivity index (χ3n) is 2.80. The van der Waals surface area contributed by atoms with Crippen molar-refractivity contribution >= 4 is 20.8 Å². The summed E-state index contributed by atoms with van der Waals surface area (Å²) in [7, 11) is 9.38. The van der Waals surface area contributed by atoms with Crippen LogP contribution in [0.1, 0.15) is 5.56 Å². The molecule has 17 heavy (non-hydrogen) atoms. The molecule has 2 nitrogen and oxygen atoms in total. The Kier molecular flexibility index (Phi) is 5.61. The van der Waals surface area contributed by atoms with E-state index in [0.717, 1.165) is 9.52 Å². The quantitative estimate of drug-likeness (QED) is 0.555. The fraction of sp³-hybridized carbons (Fsp3) is 0.429. The maximum absolute atomic E-state index is 3.81. The summed E-state index contributed by atoms with van der Waals surface area (Å²) in [4.78, 5) is 4.54. The molecule has 1 aromatic rings. The first kappa shape index (κ1) is 14.2. The van der Waals surface area contributed by atoms with Gasteiger partial charge in [0.05, 0.1) is 15.7 Å². The maximum atomic E-state index is 3.81. The summed E-state index contributed by atoms with van der Waals surface area (Å²) in [6, 6.07) is 9.80. The molecule has 1 aromatic carbocycles. The van der Waals surface area contributed by atoms with E-state index >= 15 is 0 Å². The fourth-order valence-corrected chi connectivity index (χ4v) is 3.44. The molecule has 0 aliphatic carbocycles.